The standard InChI is InChI=1S/C33H42ClNO5/c1-32-20-26(21-4-6-22(7-5-21)40-19-18-35-16-2-3-17-35)30-23-10-11-28(36)31(34)24(23)8-9-25(30)27(32)12-14-33(32,39)15-13-29(37)38/h4-7,10-11,25-27,30,36,39H,2-3,8-9,12-20H2,1H3,(H,37,38)/t25-,26+,27-,30+,32-,33+/m0/s1. The Bertz CT molecular complexity index is 1240. The first-order valence-corrected chi connectivity index (χ1v) is 15.5. The van der Waals surface area contributed by atoms with Crippen LogP contribution in [0.4, 0.5) is 0 Å². The van der Waals surface area contributed by atoms with Gasteiger partial charge in [-0.15, -0.1) is 0 Å². The average molecular weight is 568 g/mol. The van der Waals surface area contributed by atoms with Gasteiger partial charge in [0.05, 0.1) is 10.6 Å². The Morgan fingerprint density at radius 3 is 2.60 bits per heavy atom. The quantitative estimate of drug-likeness (QED) is 0.343. The molecule has 6 rings (SSSR count). The van der Waals surface area contributed by atoms with E-state index in [4.69, 9.17) is 16.3 Å². The maximum absolute atomic E-state index is 12.0. The van der Waals surface area contributed by atoms with E-state index in [2.05, 4.69) is 42.2 Å². The van der Waals surface area contributed by atoms with E-state index in [1.54, 1.807) is 6.07 Å². The Kier molecular flexibility index (Phi) is 7.56. The molecule has 3 fully saturated rings. The first kappa shape index (κ1) is 27.9. The molecule has 1 heterocycles. The molecule has 0 bridgehead atoms. The maximum atomic E-state index is 12.0. The Hall–Kier alpha value is -2.28. The summed E-state index contributed by atoms with van der Waals surface area (Å²) in [6, 6.07) is 12.3. The number of hydrogen-bond acceptors (Lipinski definition) is 5. The molecular weight excluding hydrogens is 526 g/mol. The third kappa shape index (κ3) is 4.80. The number of ether oxygens (including phenoxy) is 1. The number of nitrogens with zero attached hydrogens (tertiary/aromatic N) is 1. The van der Waals surface area contributed by atoms with Gasteiger partial charge in [-0.25, -0.2) is 0 Å². The van der Waals surface area contributed by atoms with E-state index >= 15 is 0 Å². The van der Waals surface area contributed by atoms with Crippen LogP contribution < -0.4 is 4.74 Å². The number of aliphatic carboxylic acids is 1. The highest BCUT2D eigenvalue weighted by molar-refractivity contribution is 6.32. The third-order valence-electron chi connectivity index (χ3n) is 11.1. The molecule has 2 aromatic rings. The summed E-state index contributed by atoms with van der Waals surface area (Å²) in [5.74, 6) is 1.17. The summed E-state index contributed by atoms with van der Waals surface area (Å²) in [5.41, 5.74) is 2.11. The predicted molar refractivity (Wildman–Crippen MR) is 155 cm³/mol. The molecule has 2 aromatic carbocycles. The largest absolute Gasteiger partial charge is 0.506 e. The van der Waals surface area contributed by atoms with Gasteiger partial charge < -0.3 is 20.1 Å². The van der Waals surface area contributed by atoms with Gasteiger partial charge in [-0.05, 0) is 123 Å². The van der Waals surface area contributed by atoms with E-state index in [0.717, 1.165) is 56.6 Å². The average Bonchev–Trinajstić information content (AvgIpc) is 3.55. The van der Waals surface area contributed by atoms with Crippen LogP contribution in [-0.2, 0) is 11.2 Å². The first-order chi connectivity index (χ1) is 19.2. The SMILES string of the molecule is C[C@]12C[C@H](c3ccc(OCCN4CCCC4)cc3)[C@@H]3c4ccc(O)c(Cl)c4CC[C@H]3[C@@H]1CC[C@@]2(O)CCC(=O)O. The van der Waals surface area contributed by atoms with E-state index in [1.807, 2.05) is 0 Å². The van der Waals surface area contributed by atoms with Crippen molar-refractivity contribution in [2.24, 2.45) is 17.3 Å². The van der Waals surface area contributed by atoms with Crippen molar-refractivity contribution in [1.29, 1.82) is 0 Å². The topological polar surface area (TPSA) is 90.2 Å². The van der Waals surface area contributed by atoms with Crippen LogP contribution in [0.25, 0.3) is 0 Å². The molecule has 40 heavy (non-hydrogen) atoms. The van der Waals surface area contributed by atoms with Crippen LogP contribution in [0, 0.1) is 17.3 Å². The van der Waals surface area contributed by atoms with Gasteiger partial charge in [0.2, 0.25) is 0 Å². The summed E-state index contributed by atoms with van der Waals surface area (Å²) in [4.78, 5) is 13.9. The molecule has 6 atom stereocenters. The van der Waals surface area contributed by atoms with Gasteiger partial charge >= 0.3 is 5.97 Å². The molecule has 216 valence electrons. The zero-order valence-electron chi connectivity index (χ0n) is 23.4. The number of hydrogen-bond donors (Lipinski definition) is 3. The summed E-state index contributed by atoms with van der Waals surface area (Å²) in [5, 5.41) is 32.3. The van der Waals surface area contributed by atoms with Gasteiger partial charge in [0.1, 0.15) is 18.1 Å². The minimum absolute atomic E-state index is 0.0151. The molecule has 7 heteroatoms. The number of rotatable bonds is 8. The number of aromatic hydroxyl groups is 1. The number of halogens is 1. The fourth-order valence-electron chi connectivity index (χ4n) is 8.99. The molecule has 3 aliphatic carbocycles. The van der Waals surface area contributed by atoms with Crippen LogP contribution in [0.3, 0.4) is 0 Å². The Morgan fingerprint density at radius 1 is 1.12 bits per heavy atom. The molecule has 0 aromatic heterocycles. The second-order valence-electron chi connectivity index (χ2n) is 13.0. The van der Waals surface area contributed by atoms with Crippen LogP contribution in [-0.4, -0.2) is 58.0 Å². The van der Waals surface area contributed by atoms with Crippen molar-refractivity contribution in [3.63, 3.8) is 0 Å². The third-order valence-corrected chi connectivity index (χ3v) is 11.5. The maximum Gasteiger partial charge on any atom is 0.303 e. The van der Waals surface area contributed by atoms with Gasteiger partial charge in [0.15, 0.2) is 0 Å². The van der Waals surface area contributed by atoms with Crippen LogP contribution >= 0.6 is 11.6 Å². The van der Waals surface area contributed by atoms with E-state index < -0.39 is 11.6 Å². The molecular formula is C33H42ClNO5. The number of carboxylic acids is 1. The Balaban J connectivity index is 1.32. The monoisotopic (exact) mass is 567 g/mol. The fraction of sp³-hybridized carbons (Fsp3) is 0.606. The summed E-state index contributed by atoms with van der Waals surface area (Å²) < 4.78 is 6.10. The lowest BCUT2D eigenvalue weighted by atomic mass is 9.49. The van der Waals surface area contributed by atoms with Crippen molar-refractivity contribution in [1.82, 2.24) is 4.90 Å². The normalized spacial score (nSPS) is 33.3. The smallest absolute Gasteiger partial charge is 0.303 e. The van der Waals surface area contributed by atoms with E-state index in [0.29, 0.717) is 36.3 Å². The number of aliphatic hydroxyl groups is 1. The van der Waals surface area contributed by atoms with Crippen molar-refractivity contribution >= 4 is 17.6 Å². The van der Waals surface area contributed by atoms with E-state index in [-0.39, 0.29) is 29.4 Å². The second-order valence-corrected chi connectivity index (χ2v) is 13.3. The molecule has 1 saturated heterocycles. The van der Waals surface area contributed by atoms with Crippen LogP contribution in [0.2, 0.25) is 5.02 Å². The van der Waals surface area contributed by atoms with Crippen molar-refractivity contribution in [3.8, 4) is 11.5 Å². The highest BCUT2D eigenvalue weighted by Crippen LogP contribution is 2.68. The molecule has 0 amide bonds. The molecule has 2 saturated carbocycles. The highest BCUT2D eigenvalue weighted by Gasteiger charge is 2.63. The number of phenols is 1. The summed E-state index contributed by atoms with van der Waals surface area (Å²) in [7, 11) is 0. The highest BCUT2D eigenvalue weighted by atomic mass is 35.5. The van der Waals surface area contributed by atoms with E-state index in [9.17, 15) is 20.1 Å². The molecule has 3 N–H and O–H groups in total. The van der Waals surface area contributed by atoms with Gasteiger partial charge in [-0.1, -0.05) is 36.7 Å². The minimum Gasteiger partial charge on any atom is -0.506 e. The first-order valence-electron chi connectivity index (χ1n) is 15.1. The van der Waals surface area contributed by atoms with Crippen LogP contribution in [0.15, 0.2) is 36.4 Å². The Labute approximate surface area is 242 Å². The van der Waals surface area contributed by atoms with Gasteiger partial charge in [0, 0.05) is 18.4 Å². The van der Waals surface area contributed by atoms with Crippen molar-refractivity contribution in [2.75, 3.05) is 26.2 Å². The number of phenolic OH excluding ortho intramolecular Hbond substituents is 1. The zero-order valence-corrected chi connectivity index (χ0v) is 24.2. The van der Waals surface area contributed by atoms with Crippen molar-refractivity contribution in [2.45, 2.75) is 82.1 Å². The van der Waals surface area contributed by atoms with Gasteiger partial charge in [-0.2, -0.15) is 0 Å². The summed E-state index contributed by atoms with van der Waals surface area (Å²) in [6.07, 6.45) is 6.91. The van der Waals surface area contributed by atoms with Crippen LogP contribution in [0.5, 0.6) is 11.5 Å². The zero-order chi connectivity index (χ0) is 28.1. The summed E-state index contributed by atoms with van der Waals surface area (Å²) in [6.45, 7) is 6.17. The molecule has 0 spiro atoms. The van der Waals surface area contributed by atoms with Crippen molar-refractivity contribution in [3.05, 3.63) is 58.1 Å². The lowest BCUT2D eigenvalue weighted by Gasteiger charge is -2.56. The van der Waals surface area contributed by atoms with E-state index in [1.165, 1.54) is 24.0 Å². The second kappa shape index (κ2) is 10.8. The molecule has 0 radical (unpaired) electrons. The number of benzene rings is 2. The van der Waals surface area contributed by atoms with Crippen molar-refractivity contribution < 1.29 is 24.9 Å². The lowest BCUT2D eigenvalue weighted by Crippen LogP contribution is -2.53. The number of carboxylic acid groups (broad SMARTS) is 1. The minimum atomic E-state index is -0.995. The van der Waals surface area contributed by atoms with Gasteiger partial charge in [-0.3, -0.25) is 9.69 Å². The van der Waals surface area contributed by atoms with Crippen LogP contribution in [0.1, 0.15) is 86.8 Å². The van der Waals surface area contributed by atoms with Gasteiger partial charge in [0.25, 0.3) is 0 Å². The molecule has 4 aliphatic rings. The number of likely N-dealkylation sites (tertiary alicyclic amines) is 1. The lowest BCUT2D eigenvalue weighted by molar-refractivity contribution is -0.143. The predicted octanol–water partition coefficient (Wildman–Crippen LogP) is 6.37. The number of carbonyl (C=O) groups is 1. The summed E-state index contributed by atoms with van der Waals surface area (Å²) >= 11 is 6.64. The fourth-order valence-corrected chi connectivity index (χ4v) is 9.26. The molecule has 1 aliphatic heterocycles. The Morgan fingerprint density at radius 2 is 1.88 bits per heavy atom. The number of fused-ring (bicyclic) bond motifs is 5. The molecule has 0 unspecified atom stereocenters. The molecule has 6 nitrogen and oxygen atoms in total.